The number of carbonyl (C=O) groups excluding carboxylic acids is 1. The minimum atomic E-state index is -3.83. The summed E-state index contributed by atoms with van der Waals surface area (Å²) >= 11 is 0. The normalized spacial score (nSPS) is 10.9. The molecular weight excluding hydrogens is 368 g/mol. The van der Waals surface area contributed by atoms with E-state index in [1.54, 1.807) is 26.0 Å². The summed E-state index contributed by atoms with van der Waals surface area (Å²) < 4.78 is 38.2. The Bertz CT molecular complexity index is 879. The predicted molar refractivity (Wildman–Crippen MR) is 105 cm³/mol. The van der Waals surface area contributed by atoms with Gasteiger partial charge in [0.05, 0.1) is 23.8 Å². The number of hydrogen-bond acceptors (Lipinski definition) is 5. The molecule has 2 aromatic carbocycles. The molecule has 8 heteroatoms. The SMILES string of the molecule is CCOC(=O)Nc1cc(S(=O)(=O)Nc2ccc(CC)cc2)ccc1OCC. The van der Waals surface area contributed by atoms with Crippen LogP contribution < -0.4 is 14.8 Å². The summed E-state index contributed by atoms with van der Waals surface area (Å²) in [6.07, 6.45) is 0.186. The molecule has 0 saturated carbocycles. The Morgan fingerprint density at radius 3 is 2.30 bits per heavy atom. The molecule has 7 nitrogen and oxygen atoms in total. The van der Waals surface area contributed by atoms with Crippen LogP contribution in [0.4, 0.5) is 16.2 Å². The Balaban J connectivity index is 2.30. The first-order valence-electron chi connectivity index (χ1n) is 8.72. The van der Waals surface area contributed by atoms with Gasteiger partial charge in [0.25, 0.3) is 10.0 Å². The third-order valence-corrected chi connectivity index (χ3v) is 5.07. The van der Waals surface area contributed by atoms with E-state index in [1.165, 1.54) is 18.2 Å². The second-order valence-corrected chi connectivity index (χ2v) is 7.27. The third kappa shape index (κ3) is 5.62. The summed E-state index contributed by atoms with van der Waals surface area (Å²) in [5.74, 6) is 0.358. The number of nitrogens with one attached hydrogen (secondary N) is 2. The smallest absolute Gasteiger partial charge is 0.411 e. The van der Waals surface area contributed by atoms with Crippen molar-refractivity contribution in [3.8, 4) is 5.75 Å². The van der Waals surface area contributed by atoms with Gasteiger partial charge < -0.3 is 9.47 Å². The van der Waals surface area contributed by atoms with Crippen LogP contribution >= 0.6 is 0 Å². The molecule has 0 aliphatic heterocycles. The van der Waals surface area contributed by atoms with Crippen molar-refractivity contribution in [3.63, 3.8) is 0 Å². The Kier molecular flexibility index (Phi) is 7.06. The molecule has 2 rings (SSSR count). The lowest BCUT2D eigenvalue weighted by Gasteiger charge is -2.14. The molecule has 146 valence electrons. The van der Waals surface area contributed by atoms with Crippen molar-refractivity contribution in [1.82, 2.24) is 0 Å². The van der Waals surface area contributed by atoms with Crippen molar-refractivity contribution >= 4 is 27.5 Å². The molecule has 0 aliphatic carbocycles. The average Bonchev–Trinajstić information content (AvgIpc) is 2.64. The fraction of sp³-hybridized carbons (Fsp3) is 0.316. The van der Waals surface area contributed by atoms with Gasteiger partial charge in [-0.05, 0) is 56.2 Å². The molecular formula is C19H24N2O5S. The highest BCUT2D eigenvalue weighted by Crippen LogP contribution is 2.29. The molecule has 0 atom stereocenters. The number of anilines is 2. The molecule has 2 aromatic rings. The number of carbonyl (C=O) groups is 1. The minimum absolute atomic E-state index is 0.00248. The monoisotopic (exact) mass is 392 g/mol. The maximum absolute atomic E-state index is 12.7. The van der Waals surface area contributed by atoms with E-state index in [4.69, 9.17) is 9.47 Å². The molecule has 2 N–H and O–H groups in total. The zero-order valence-corrected chi connectivity index (χ0v) is 16.4. The maximum Gasteiger partial charge on any atom is 0.411 e. The molecule has 0 spiro atoms. The zero-order chi connectivity index (χ0) is 19.9. The van der Waals surface area contributed by atoms with E-state index in [0.717, 1.165) is 12.0 Å². The van der Waals surface area contributed by atoms with E-state index < -0.39 is 16.1 Å². The summed E-state index contributed by atoms with van der Waals surface area (Å²) in [5.41, 5.74) is 1.79. The first-order chi connectivity index (χ1) is 12.9. The van der Waals surface area contributed by atoms with Crippen LogP contribution in [0.5, 0.6) is 5.75 Å². The molecule has 0 fully saturated rings. The van der Waals surface area contributed by atoms with E-state index in [0.29, 0.717) is 18.0 Å². The van der Waals surface area contributed by atoms with Crippen molar-refractivity contribution in [2.75, 3.05) is 23.3 Å². The fourth-order valence-corrected chi connectivity index (χ4v) is 3.44. The van der Waals surface area contributed by atoms with Crippen molar-refractivity contribution in [3.05, 3.63) is 48.0 Å². The van der Waals surface area contributed by atoms with Gasteiger partial charge in [-0.3, -0.25) is 10.0 Å². The number of ether oxygens (including phenoxy) is 2. The van der Waals surface area contributed by atoms with Crippen LogP contribution in [0.25, 0.3) is 0 Å². The second-order valence-electron chi connectivity index (χ2n) is 5.59. The maximum atomic E-state index is 12.7. The molecule has 0 bridgehead atoms. The second kappa shape index (κ2) is 9.27. The quantitative estimate of drug-likeness (QED) is 0.708. The lowest BCUT2D eigenvalue weighted by Crippen LogP contribution is -2.16. The highest BCUT2D eigenvalue weighted by molar-refractivity contribution is 7.92. The topological polar surface area (TPSA) is 93.7 Å². The van der Waals surface area contributed by atoms with Gasteiger partial charge in [0.15, 0.2) is 0 Å². The van der Waals surface area contributed by atoms with Gasteiger partial charge in [-0.2, -0.15) is 0 Å². The van der Waals surface area contributed by atoms with E-state index >= 15 is 0 Å². The number of aryl methyl sites for hydroxylation is 1. The Morgan fingerprint density at radius 1 is 1.00 bits per heavy atom. The summed E-state index contributed by atoms with van der Waals surface area (Å²) in [7, 11) is -3.83. The van der Waals surface area contributed by atoms with Crippen molar-refractivity contribution in [2.24, 2.45) is 0 Å². The van der Waals surface area contributed by atoms with Crippen LogP contribution in [0.15, 0.2) is 47.4 Å². The highest BCUT2D eigenvalue weighted by atomic mass is 32.2. The van der Waals surface area contributed by atoms with Crippen molar-refractivity contribution in [2.45, 2.75) is 32.1 Å². The van der Waals surface area contributed by atoms with Crippen molar-refractivity contribution in [1.29, 1.82) is 0 Å². The molecule has 0 aliphatic rings. The summed E-state index contributed by atoms with van der Waals surface area (Å²) in [6.45, 7) is 6.06. The lowest BCUT2D eigenvalue weighted by molar-refractivity contribution is 0.167. The summed E-state index contributed by atoms with van der Waals surface area (Å²) in [4.78, 5) is 11.7. The number of rotatable bonds is 8. The lowest BCUT2D eigenvalue weighted by atomic mass is 10.2. The van der Waals surface area contributed by atoms with E-state index in [1.807, 2.05) is 19.1 Å². The molecule has 0 radical (unpaired) electrons. The number of hydrogen-bond donors (Lipinski definition) is 2. The number of benzene rings is 2. The van der Waals surface area contributed by atoms with Gasteiger partial charge in [-0.25, -0.2) is 13.2 Å². The van der Waals surface area contributed by atoms with Gasteiger partial charge >= 0.3 is 6.09 Å². The average molecular weight is 392 g/mol. The third-order valence-electron chi connectivity index (χ3n) is 3.69. The minimum Gasteiger partial charge on any atom is -0.492 e. The Labute approximate surface area is 159 Å². The predicted octanol–water partition coefficient (Wildman–Crippen LogP) is 4.02. The first-order valence-corrected chi connectivity index (χ1v) is 10.2. The molecule has 0 unspecified atom stereocenters. The Morgan fingerprint density at radius 2 is 1.70 bits per heavy atom. The van der Waals surface area contributed by atoms with E-state index in [-0.39, 0.29) is 17.2 Å². The zero-order valence-electron chi connectivity index (χ0n) is 15.6. The standard InChI is InChI=1S/C19H24N2O5S/c1-4-14-7-9-15(10-8-14)21-27(23,24)16-11-12-18(25-5-2)17(13-16)20-19(22)26-6-3/h7-13,21H,4-6H2,1-3H3,(H,20,22). The summed E-state index contributed by atoms with van der Waals surface area (Å²) in [6, 6.07) is 11.4. The van der Waals surface area contributed by atoms with Gasteiger partial charge in [0.2, 0.25) is 0 Å². The van der Waals surface area contributed by atoms with Gasteiger partial charge in [0, 0.05) is 5.69 Å². The van der Waals surface area contributed by atoms with Crippen molar-refractivity contribution < 1.29 is 22.7 Å². The first kappa shape index (κ1) is 20.6. The van der Waals surface area contributed by atoms with Crippen LogP contribution in [0.2, 0.25) is 0 Å². The molecule has 1 amide bonds. The largest absolute Gasteiger partial charge is 0.492 e. The van der Waals surface area contributed by atoms with Crippen LogP contribution in [0, 0.1) is 0 Å². The summed E-state index contributed by atoms with van der Waals surface area (Å²) in [5, 5.41) is 2.51. The van der Waals surface area contributed by atoms with Crippen LogP contribution in [0.1, 0.15) is 26.3 Å². The number of amides is 1. The highest BCUT2D eigenvalue weighted by Gasteiger charge is 2.18. The number of sulfonamides is 1. The van der Waals surface area contributed by atoms with Crippen LogP contribution in [0.3, 0.4) is 0 Å². The van der Waals surface area contributed by atoms with E-state index in [2.05, 4.69) is 10.0 Å². The van der Waals surface area contributed by atoms with Gasteiger partial charge in [-0.15, -0.1) is 0 Å². The Hall–Kier alpha value is -2.74. The van der Waals surface area contributed by atoms with Crippen LogP contribution in [-0.2, 0) is 21.2 Å². The molecule has 27 heavy (non-hydrogen) atoms. The molecule has 0 aromatic heterocycles. The van der Waals surface area contributed by atoms with Crippen LogP contribution in [-0.4, -0.2) is 27.7 Å². The molecule has 0 heterocycles. The fourth-order valence-electron chi connectivity index (χ4n) is 2.36. The van der Waals surface area contributed by atoms with E-state index in [9.17, 15) is 13.2 Å². The van der Waals surface area contributed by atoms with Gasteiger partial charge in [-0.1, -0.05) is 19.1 Å². The molecule has 0 saturated heterocycles. The van der Waals surface area contributed by atoms with Gasteiger partial charge in [0.1, 0.15) is 5.75 Å².